The van der Waals surface area contributed by atoms with E-state index in [2.05, 4.69) is 17.6 Å². The predicted molar refractivity (Wildman–Crippen MR) is 77.6 cm³/mol. The molecule has 1 aromatic heterocycles. The summed E-state index contributed by atoms with van der Waals surface area (Å²) in [5.41, 5.74) is 1.75. The molecule has 3 nitrogen and oxygen atoms in total. The molecule has 0 spiro atoms. The van der Waals surface area contributed by atoms with Crippen LogP contribution in [-0.2, 0) is 17.8 Å². The zero-order valence-electron chi connectivity index (χ0n) is 10.5. The first kappa shape index (κ1) is 13.6. The maximum absolute atomic E-state index is 11.4. The highest BCUT2D eigenvalue weighted by atomic mass is 32.1. The van der Waals surface area contributed by atoms with Gasteiger partial charge in [-0.3, -0.25) is 9.78 Å². The fourth-order valence-corrected chi connectivity index (χ4v) is 1.78. The van der Waals surface area contributed by atoms with Crippen LogP contribution in [0.1, 0.15) is 11.3 Å². The number of pyridine rings is 1. The molecule has 0 amide bonds. The van der Waals surface area contributed by atoms with Gasteiger partial charge >= 0.3 is 0 Å². The third kappa shape index (κ3) is 4.10. The molecule has 0 fully saturated rings. The van der Waals surface area contributed by atoms with Crippen molar-refractivity contribution >= 4 is 18.4 Å². The number of rotatable bonds is 6. The molecule has 0 aliphatic rings. The number of hydrogen-bond donors (Lipinski definition) is 1. The van der Waals surface area contributed by atoms with Gasteiger partial charge in [0, 0.05) is 11.9 Å². The van der Waals surface area contributed by atoms with Gasteiger partial charge in [-0.2, -0.15) is 12.6 Å². The normalized spacial score (nSPS) is 10.2. The van der Waals surface area contributed by atoms with Gasteiger partial charge in [-0.25, -0.2) is 0 Å². The molecule has 0 atom stereocenters. The van der Waals surface area contributed by atoms with Crippen molar-refractivity contribution in [3.8, 4) is 5.75 Å². The smallest absolute Gasteiger partial charge is 0.148 e. The number of thiol groups is 1. The van der Waals surface area contributed by atoms with Crippen LogP contribution in [0.2, 0.25) is 0 Å². The van der Waals surface area contributed by atoms with E-state index in [0.717, 1.165) is 5.56 Å². The van der Waals surface area contributed by atoms with Gasteiger partial charge in [-0.1, -0.05) is 30.3 Å². The monoisotopic (exact) mass is 273 g/mol. The van der Waals surface area contributed by atoms with Crippen molar-refractivity contribution in [3.05, 3.63) is 59.9 Å². The Balaban J connectivity index is 2.05. The number of ketones is 1. The molecule has 2 rings (SSSR count). The Morgan fingerprint density at radius 1 is 1.16 bits per heavy atom. The number of hydrogen-bond acceptors (Lipinski definition) is 4. The first-order valence-electron chi connectivity index (χ1n) is 6.03. The maximum atomic E-state index is 11.4. The van der Waals surface area contributed by atoms with Crippen LogP contribution in [0.25, 0.3) is 0 Å². The number of carbonyl (C=O) groups excluding carboxylic acids is 1. The van der Waals surface area contributed by atoms with Crippen LogP contribution >= 0.6 is 12.6 Å². The van der Waals surface area contributed by atoms with Crippen molar-refractivity contribution in [2.45, 2.75) is 13.0 Å². The summed E-state index contributed by atoms with van der Waals surface area (Å²) in [6.45, 7) is 0.467. The standard InChI is InChI=1S/C15H15NO2S/c17-13(11-19)9-14-15(7-4-8-16-14)18-10-12-5-2-1-3-6-12/h1-8,19H,9-11H2. The molecule has 0 saturated carbocycles. The quantitative estimate of drug-likeness (QED) is 0.823. The second-order valence-electron chi connectivity index (χ2n) is 4.10. The molecule has 0 aliphatic carbocycles. The predicted octanol–water partition coefficient (Wildman–Crippen LogP) is 2.70. The van der Waals surface area contributed by atoms with Crippen molar-refractivity contribution in [3.63, 3.8) is 0 Å². The van der Waals surface area contributed by atoms with E-state index in [1.54, 1.807) is 12.3 Å². The molecule has 0 radical (unpaired) electrons. The summed E-state index contributed by atoms with van der Waals surface area (Å²) in [4.78, 5) is 15.6. The summed E-state index contributed by atoms with van der Waals surface area (Å²) in [6, 6.07) is 13.5. The van der Waals surface area contributed by atoms with E-state index in [4.69, 9.17) is 4.74 Å². The number of benzene rings is 1. The third-order valence-corrected chi connectivity index (χ3v) is 2.98. The first-order chi connectivity index (χ1) is 9.29. The van der Waals surface area contributed by atoms with Gasteiger partial charge < -0.3 is 4.74 Å². The Labute approximate surface area is 118 Å². The average Bonchev–Trinajstić information content (AvgIpc) is 2.47. The van der Waals surface area contributed by atoms with E-state index >= 15 is 0 Å². The van der Waals surface area contributed by atoms with Crippen molar-refractivity contribution < 1.29 is 9.53 Å². The van der Waals surface area contributed by atoms with Crippen molar-refractivity contribution in [1.82, 2.24) is 4.98 Å². The second kappa shape index (κ2) is 6.95. The number of ether oxygens (including phenoxy) is 1. The summed E-state index contributed by atoms with van der Waals surface area (Å²) in [7, 11) is 0. The summed E-state index contributed by atoms with van der Waals surface area (Å²) >= 11 is 3.97. The molecule has 98 valence electrons. The van der Waals surface area contributed by atoms with Crippen molar-refractivity contribution in [2.24, 2.45) is 0 Å². The Morgan fingerprint density at radius 2 is 1.95 bits per heavy atom. The van der Waals surface area contributed by atoms with Gasteiger partial charge in [0.1, 0.15) is 18.1 Å². The molecule has 0 N–H and O–H groups in total. The van der Waals surface area contributed by atoms with E-state index < -0.39 is 0 Å². The van der Waals surface area contributed by atoms with E-state index in [9.17, 15) is 4.79 Å². The lowest BCUT2D eigenvalue weighted by Crippen LogP contribution is -2.08. The van der Waals surface area contributed by atoms with E-state index in [1.165, 1.54) is 0 Å². The average molecular weight is 273 g/mol. The zero-order valence-corrected chi connectivity index (χ0v) is 11.3. The maximum Gasteiger partial charge on any atom is 0.148 e. The van der Waals surface area contributed by atoms with Gasteiger partial charge in [0.25, 0.3) is 0 Å². The Hall–Kier alpha value is -1.81. The summed E-state index contributed by atoms with van der Waals surface area (Å²) in [5.74, 6) is 0.905. The first-order valence-corrected chi connectivity index (χ1v) is 6.66. The summed E-state index contributed by atoms with van der Waals surface area (Å²) in [6.07, 6.45) is 1.92. The summed E-state index contributed by atoms with van der Waals surface area (Å²) in [5, 5.41) is 0. The van der Waals surface area contributed by atoms with Crippen LogP contribution in [0.4, 0.5) is 0 Å². The number of aromatic nitrogens is 1. The molecule has 1 aromatic carbocycles. The van der Waals surface area contributed by atoms with Gasteiger partial charge in [-0.05, 0) is 17.7 Å². The van der Waals surface area contributed by atoms with E-state index in [0.29, 0.717) is 18.1 Å². The van der Waals surface area contributed by atoms with Crippen molar-refractivity contribution in [1.29, 1.82) is 0 Å². The highest BCUT2D eigenvalue weighted by molar-refractivity contribution is 7.81. The van der Waals surface area contributed by atoms with E-state index in [1.807, 2.05) is 36.4 Å². The largest absolute Gasteiger partial charge is 0.487 e. The lowest BCUT2D eigenvalue weighted by molar-refractivity contribution is -0.116. The Bertz CT molecular complexity index is 543. The number of Topliss-reactive ketones (excluding diaryl/α,β-unsaturated/α-hetero) is 1. The lowest BCUT2D eigenvalue weighted by Gasteiger charge is -2.09. The van der Waals surface area contributed by atoms with Crippen LogP contribution in [0.3, 0.4) is 0 Å². The zero-order chi connectivity index (χ0) is 13.5. The molecule has 1 heterocycles. The molecule has 0 aliphatic heterocycles. The minimum atomic E-state index is 0.0339. The van der Waals surface area contributed by atoms with Crippen molar-refractivity contribution in [2.75, 3.05) is 5.75 Å². The molecule has 4 heteroatoms. The van der Waals surface area contributed by atoms with Gasteiger partial charge in [-0.15, -0.1) is 0 Å². The van der Waals surface area contributed by atoms with Crippen LogP contribution in [0.5, 0.6) is 5.75 Å². The van der Waals surface area contributed by atoms with Crippen LogP contribution in [-0.4, -0.2) is 16.5 Å². The molecule has 19 heavy (non-hydrogen) atoms. The molecule has 0 unspecified atom stereocenters. The van der Waals surface area contributed by atoms with Crippen LogP contribution < -0.4 is 4.74 Å². The van der Waals surface area contributed by atoms with Gasteiger partial charge in [0.2, 0.25) is 0 Å². The molecular formula is C15H15NO2S. The number of carbonyl (C=O) groups is 1. The minimum Gasteiger partial charge on any atom is -0.487 e. The molecular weight excluding hydrogens is 258 g/mol. The number of nitrogens with zero attached hydrogens (tertiary/aromatic N) is 1. The third-order valence-electron chi connectivity index (χ3n) is 2.63. The Kier molecular flexibility index (Phi) is 4.98. The minimum absolute atomic E-state index is 0.0339. The van der Waals surface area contributed by atoms with Gasteiger partial charge in [0.15, 0.2) is 0 Å². The van der Waals surface area contributed by atoms with Crippen LogP contribution in [0.15, 0.2) is 48.7 Å². The molecule has 0 saturated heterocycles. The molecule has 2 aromatic rings. The summed E-state index contributed by atoms with van der Waals surface area (Å²) < 4.78 is 5.73. The fourth-order valence-electron chi connectivity index (χ4n) is 1.67. The van der Waals surface area contributed by atoms with E-state index in [-0.39, 0.29) is 18.0 Å². The molecule has 0 bridgehead atoms. The lowest BCUT2D eigenvalue weighted by atomic mass is 10.2. The van der Waals surface area contributed by atoms with Crippen LogP contribution in [0, 0.1) is 0 Å². The Morgan fingerprint density at radius 3 is 2.68 bits per heavy atom. The topological polar surface area (TPSA) is 39.2 Å². The highest BCUT2D eigenvalue weighted by Gasteiger charge is 2.09. The van der Waals surface area contributed by atoms with Gasteiger partial charge in [0.05, 0.1) is 12.1 Å². The fraction of sp³-hybridized carbons (Fsp3) is 0.200. The second-order valence-corrected chi connectivity index (χ2v) is 4.41. The highest BCUT2D eigenvalue weighted by Crippen LogP contribution is 2.18. The SMILES string of the molecule is O=C(CS)Cc1ncccc1OCc1ccccc1.